The second kappa shape index (κ2) is 11.1. The van der Waals surface area contributed by atoms with Crippen LogP contribution in [0.2, 0.25) is 0 Å². The fourth-order valence-corrected chi connectivity index (χ4v) is 6.14. The minimum atomic E-state index is -4.45. The summed E-state index contributed by atoms with van der Waals surface area (Å²) in [5.74, 6) is -1.25. The van der Waals surface area contributed by atoms with E-state index in [0.717, 1.165) is 18.6 Å². The number of benzene rings is 2. The summed E-state index contributed by atoms with van der Waals surface area (Å²) in [4.78, 5) is 28.0. The van der Waals surface area contributed by atoms with Crippen molar-refractivity contribution in [2.45, 2.75) is 49.3 Å². The van der Waals surface area contributed by atoms with Crippen molar-refractivity contribution in [3.05, 3.63) is 65.2 Å². The quantitative estimate of drug-likeness (QED) is 0.594. The number of hydrogen-bond donors (Lipinski definition) is 1. The zero-order valence-electron chi connectivity index (χ0n) is 20.4. The predicted molar refractivity (Wildman–Crippen MR) is 131 cm³/mol. The van der Waals surface area contributed by atoms with Crippen molar-refractivity contribution in [2.75, 3.05) is 19.6 Å². The number of sulfonamides is 1. The Hall–Kier alpha value is -3.43. The highest BCUT2D eigenvalue weighted by atomic mass is 32.2. The molecule has 2 aliphatic heterocycles. The van der Waals surface area contributed by atoms with Crippen LogP contribution in [-0.4, -0.2) is 55.1 Å². The maximum absolute atomic E-state index is 13.5. The van der Waals surface area contributed by atoms with Gasteiger partial charge in [-0.15, -0.1) is 0 Å². The van der Waals surface area contributed by atoms with Crippen LogP contribution in [0, 0.1) is 17.2 Å². The molecular weight excluding hydrogens is 521 g/mol. The molecule has 0 aromatic heterocycles. The molecule has 2 aliphatic rings. The van der Waals surface area contributed by atoms with E-state index in [1.165, 1.54) is 45.6 Å². The van der Waals surface area contributed by atoms with Gasteiger partial charge in [0.2, 0.25) is 15.9 Å². The Morgan fingerprint density at radius 2 is 1.76 bits per heavy atom. The SMILES string of the molecule is N#CC1CN(S(=O)(=O)c2cccc(C(=O)N3CCCCC[C@@H]3C(=O)NCc3ccc(C(F)(F)F)cc3)c2)C1. The lowest BCUT2D eigenvalue weighted by Gasteiger charge is -2.34. The fourth-order valence-electron chi connectivity index (χ4n) is 4.56. The molecule has 0 spiro atoms. The van der Waals surface area contributed by atoms with Gasteiger partial charge in [-0.3, -0.25) is 9.59 Å². The van der Waals surface area contributed by atoms with Gasteiger partial charge in [-0.05, 0) is 48.7 Å². The van der Waals surface area contributed by atoms with Crippen molar-refractivity contribution >= 4 is 21.8 Å². The molecule has 0 unspecified atom stereocenters. The molecule has 2 aromatic carbocycles. The first-order valence-electron chi connectivity index (χ1n) is 12.3. The van der Waals surface area contributed by atoms with Crippen LogP contribution in [-0.2, 0) is 27.5 Å². The first-order chi connectivity index (χ1) is 18.0. The van der Waals surface area contributed by atoms with Crippen molar-refractivity contribution in [1.29, 1.82) is 5.26 Å². The summed E-state index contributed by atoms with van der Waals surface area (Å²) in [5.41, 5.74) is -0.164. The summed E-state index contributed by atoms with van der Waals surface area (Å²) in [6.07, 6.45) is -1.84. The summed E-state index contributed by atoms with van der Waals surface area (Å²) >= 11 is 0. The average Bonchev–Trinajstić information content (AvgIpc) is 3.12. The number of likely N-dealkylation sites (tertiary alicyclic amines) is 1. The third-order valence-corrected chi connectivity index (χ3v) is 8.64. The summed E-state index contributed by atoms with van der Waals surface area (Å²) < 4.78 is 65.4. The van der Waals surface area contributed by atoms with E-state index in [-0.39, 0.29) is 36.0 Å². The summed E-state index contributed by atoms with van der Waals surface area (Å²) in [7, 11) is -3.86. The first-order valence-corrected chi connectivity index (χ1v) is 13.7. The summed E-state index contributed by atoms with van der Waals surface area (Å²) in [6, 6.07) is 11.4. The molecule has 0 aliphatic carbocycles. The molecule has 2 heterocycles. The second-order valence-electron chi connectivity index (χ2n) is 9.45. The number of halogens is 3. The first kappa shape index (κ1) is 27.6. The monoisotopic (exact) mass is 548 g/mol. The van der Waals surface area contributed by atoms with Gasteiger partial charge in [0.1, 0.15) is 6.04 Å². The number of nitrogens with one attached hydrogen (secondary N) is 1. The Morgan fingerprint density at radius 3 is 2.42 bits per heavy atom. The largest absolute Gasteiger partial charge is 0.416 e. The number of hydrogen-bond acceptors (Lipinski definition) is 5. The number of alkyl halides is 3. The zero-order valence-corrected chi connectivity index (χ0v) is 21.3. The highest BCUT2D eigenvalue weighted by Gasteiger charge is 2.37. The molecule has 1 atom stereocenters. The van der Waals surface area contributed by atoms with E-state index in [2.05, 4.69) is 5.32 Å². The molecule has 0 saturated carbocycles. The van der Waals surface area contributed by atoms with Crippen molar-refractivity contribution in [3.8, 4) is 6.07 Å². The van der Waals surface area contributed by atoms with E-state index >= 15 is 0 Å². The zero-order chi connectivity index (χ0) is 27.5. The minimum Gasteiger partial charge on any atom is -0.350 e. The Kier molecular flexibility index (Phi) is 8.08. The molecule has 0 bridgehead atoms. The third-order valence-electron chi connectivity index (χ3n) is 6.81. The molecule has 38 heavy (non-hydrogen) atoms. The summed E-state index contributed by atoms with van der Waals surface area (Å²) in [5, 5.41) is 11.7. The Labute approximate surface area is 219 Å². The smallest absolute Gasteiger partial charge is 0.350 e. The molecule has 4 rings (SSSR count). The highest BCUT2D eigenvalue weighted by molar-refractivity contribution is 7.89. The van der Waals surface area contributed by atoms with Crippen LogP contribution in [0.3, 0.4) is 0 Å². The Morgan fingerprint density at radius 1 is 1.05 bits per heavy atom. The molecule has 8 nitrogen and oxygen atoms in total. The molecule has 202 valence electrons. The lowest BCUT2D eigenvalue weighted by molar-refractivity contribution is -0.137. The molecule has 12 heteroatoms. The molecule has 1 N–H and O–H groups in total. The number of amides is 2. The molecule has 2 fully saturated rings. The average molecular weight is 549 g/mol. The Balaban J connectivity index is 1.47. The van der Waals surface area contributed by atoms with E-state index in [9.17, 15) is 31.2 Å². The second-order valence-corrected chi connectivity index (χ2v) is 11.4. The van der Waals surface area contributed by atoms with Gasteiger partial charge in [-0.2, -0.15) is 22.7 Å². The fraction of sp³-hybridized carbons (Fsp3) is 0.423. The maximum atomic E-state index is 13.5. The van der Waals surface area contributed by atoms with Crippen LogP contribution in [0.1, 0.15) is 47.2 Å². The van der Waals surface area contributed by atoms with Crippen LogP contribution in [0.4, 0.5) is 13.2 Å². The van der Waals surface area contributed by atoms with E-state index in [4.69, 9.17) is 5.26 Å². The lowest BCUT2D eigenvalue weighted by atomic mass is 10.1. The van der Waals surface area contributed by atoms with E-state index < -0.39 is 39.6 Å². The number of rotatable bonds is 6. The van der Waals surface area contributed by atoms with Crippen LogP contribution in [0.15, 0.2) is 53.4 Å². The Bertz CT molecular complexity index is 1330. The van der Waals surface area contributed by atoms with Crippen molar-refractivity contribution in [3.63, 3.8) is 0 Å². The minimum absolute atomic E-state index is 0.00273. The molecule has 2 amide bonds. The topological polar surface area (TPSA) is 111 Å². The standard InChI is InChI=1S/C26H27F3N4O4S/c27-26(28,29)21-10-8-18(9-11-21)15-31-24(34)23-7-2-1-3-12-33(23)25(35)20-5-4-6-22(13-20)38(36,37)32-16-19(14-30)17-32/h4-6,8-11,13,19,23H,1-3,7,12,15-17H2,(H,31,34)/t23-/m1/s1. The van der Waals surface area contributed by atoms with Crippen LogP contribution in [0.5, 0.6) is 0 Å². The van der Waals surface area contributed by atoms with E-state index in [0.29, 0.717) is 31.4 Å². The van der Waals surface area contributed by atoms with Gasteiger partial charge in [-0.1, -0.05) is 31.0 Å². The normalized spacial score (nSPS) is 19.2. The van der Waals surface area contributed by atoms with Crippen LogP contribution >= 0.6 is 0 Å². The van der Waals surface area contributed by atoms with Gasteiger partial charge in [-0.25, -0.2) is 8.42 Å². The van der Waals surface area contributed by atoms with Gasteiger partial charge in [0.15, 0.2) is 0 Å². The highest BCUT2D eigenvalue weighted by Crippen LogP contribution is 2.29. The van der Waals surface area contributed by atoms with Crippen LogP contribution < -0.4 is 5.32 Å². The number of carbonyl (C=O) groups is 2. The number of nitrogens with zero attached hydrogens (tertiary/aromatic N) is 3. The van der Waals surface area contributed by atoms with E-state index in [1.807, 2.05) is 6.07 Å². The molecular formula is C26H27F3N4O4S. The number of carbonyl (C=O) groups excluding carboxylic acids is 2. The van der Waals surface area contributed by atoms with Gasteiger partial charge < -0.3 is 10.2 Å². The van der Waals surface area contributed by atoms with Crippen molar-refractivity contribution < 1.29 is 31.2 Å². The van der Waals surface area contributed by atoms with Gasteiger partial charge in [0.25, 0.3) is 5.91 Å². The third kappa shape index (κ3) is 6.00. The molecule has 2 aromatic rings. The van der Waals surface area contributed by atoms with Gasteiger partial charge in [0, 0.05) is 31.7 Å². The van der Waals surface area contributed by atoms with Crippen molar-refractivity contribution in [1.82, 2.24) is 14.5 Å². The van der Waals surface area contributed by atoms with Crippen LogP contribution in [0.25, 0.3) is 0 Å². The molecule has 0 radical (unpaired) electrons. The predicted octanol–water partition coefficient (Wildman–Crippen LogP) is 3.55. The van der Waals surface area contributed by atoms with Crippen molar-refractivity contribution in [2.24, 2.45) is 5.92 Å². The summed E-state index contributed by atoms with van der Waals surface area (Å²) in [6.45, 7) is 0.515. The maximum Gasteiger partial charge on any atom is 0.416 e. The molecule has 2 saturated heterocycles. The van der Waals surface area contributed by atoms with Gasteiger partial charge >= 0.3 is 6.18 Å². The lowest BCUT2D eigenvalue weighted by Crippen LogP contribution is -2.49. The number of nitriles is 1. The van der Waals surface area contributed by atoms with E-state index in [1.54, 1.807) is 0 Å². The van der Waals surface area contributed by atoms with Gasteiger partial charge in [0.05, 0.1) is 22.4 Å².